The first-order valence-corrected chi connectivity index (χ1v) is 8.56. The maximum Gasteiger partial charge on any atom is 0.335 e. The Hall–Kier alpha value is -3.19. The van der Waals surface area contributed by atoms with E-state index in [-0.39, 0.29) is 24.0 Å². The molecule has 2 N–H and O–H groups in total. The standard InChI is InChI=1S/C20H20N2O5/c1-27-12-13-8-15(20(25)26)10-16(9-13)21-19(24)14-4-2-5-17(11-14)22-7-3-6-18(22)23/h2,4-5,8-11H,3,6-7,12H2,1H3,(H,21,24)(H,25,26). The van der Waals surface area contributed by atoms with Gasteiger partial charge in [-0.15, -0.1) is 0 Å². The van der Waals surface area contributed by atoms with Crippen molar-refractivity contribution in [3.8, 4) is 0 Å². The Morgan fingerprint density at radius 2 is 2.00 bits per heavy atom. The smallest absolute Gasteiger partial charge is 0.335 e. The fourth-order valence-electron chi connectivity index (χ4n) is 3.08. The average molecular weight is 368 g/mol. The molecule has 2 aromatic carbocycles. The Kier molecular flexibility index (Phi) is 5.52. The second kappa shape index (κ2) is 8.01. The third-order valence-corrected chi connectivity index (χ3v) is 4.30. The third kappa shape index (κ3) is 4.32. The van der Waals surface area contributed by atoms with Crippen LogP contribution in [0.3, 0.4) is 0 Å². The zero-order chi connectivity index (χ0) is 19.4. The lowest BCUT2D eigenvalue weighted by molar-refractivity contribution is -0.117. The number of nitrogens with zero attached hydrogens (tertiary/aromatic N) is 1. The molecule has 1 aliphatic rings. The molecule has 0 atom stereocenters. The van der Waals surface area contributed by atoms with E-state index < -0.39 is 5.97 Å². The van der Waals surface area contributed by atoms with E-state index in [2.05, 4.69) is 5.32 Å². The minimum Gasteiger partial charge on any atom is -0.478 e. The number of anilines is 2. The Labute approximate surface area is 156 Å². The van der Waals surface area contributed by atoms with Crippen LogP contribution in [0.25, 0.3) is 0 Å². The zero-order valence-corrected chi connectivity index (χ0v) is 14.9. The first-order chi connectivity index (χ1) is 13.0. The van der Waals surface area contributed by atoms with Gasteiger partial charge in [-0.25, -0.2) is 4.79 Å². The number of hydrogen-bond donors (Lipinski definition) is 2. The summed E-state index contributed by atoms with van der Waals surface area (Å²) >= 11 is 0. The van der Waals surface area contributed by atoms with E-state index in [9.17, 15) is 19.5 Å². The summed E-state index contributed by atoms with van der Waals surface area (Å²) in [5.41, 5.74) is 2.15. The largest absolute Gasteiger partial charge is 0.478 e. The van der Waals surface area contributed by atoms with E-state index in [1.165, 1.54) is 19.2 Å². The number of aromatic carboxylic acids is 1. The number of rotatable bonds is 6. The molecule has 0 spiro atoms. The lowest BCUT2D eigenvalue weighted by Crippen LogP contribution is -2.24. The number of benzene rings is 2. The summed E-state index contributed by atoms with van der Waals surface area (Å²) in [5.74, 6) is -1.42. The summed E-state index contributed by atoms with van der Waals surface area (Å²) in [5, 5.41) is 12.0. The van der Waals surface area contributed by atoms with Crippen LogP contribution in [0.2, 0.25) is 0 Å². The average Bonchev–Trinajstić information content (AvgIpc) is 3.08. The Balaban J connectivity index is 1.83. The van der Waals surface area contributed by atoms with Crippen molar-refractivity contribution < 1.29 is 24.2 Å². The fourth-order valence-corrected chi connectivity index (χ4v) is 3.08. The molecular formula is C20H20N2O5. The molecule has 1 saturated heterocycles. The van der Waals surface area contributed by atoms with Crippen LogP contribution in [0.1, 0.15) is 39.1 Å². The van der Waals surface area contributed by atoms with Crippen molar-refractivity contribution in [2.24, 2.45) is 0 Å². The molecule has 7 heteroatoms. The van der Waals surface area contributed by atoms with Crippen molar-refractivity contribution in [2.45, 2.75) is 19.4 Å². The quantitative estimate of drug-likeness (QED) is 0.817. The number of nitrogens with one attached hydrogen (secondary N) is 1. The number of carbonyl (C=O) groups excluding carboxylic acids is 2. The highest BCUT2D eigenvalue weighted by atomic mass is 16.5. The summed E-state index contributed by atoms with van der Waals surface area (Å²) in [4.78, 5) is 37.5. The van der Waals surface area contributed by atoms with Gasteiger partial charge in [0.2, 0.25) is 5.91 Å². The van der Waals surface area contributed by atoms with Gasteiger partial charge in [-0.1, -0.05) is 6.07 Å². The van der Waals surface area contributed by atoms with Gasteiger partial charge in [0.05, 0.1) is 12.2 Å². The van der Waals surface area contributed by atoms with Crippen LogP contribution in [0.5, 0.6) is 0 Å². The molecule has 0 saturated carbocycles. The molecule has 2 amide bonds. The number of methoxy groups -OCH3 is 1. The molecule has 1 aliphatic heterocycles. The number of carboxylic acids is 1. The summed E-state index contributed by atoms with van der Waals surface area (Å²) in [7, 11) is 1.51. The van der Waals surface area contributed by atoms with Gasteiger partial charge in [0.1, 0.15) is 0 Å². The number of ether oxygens (including phenoxy) is 1. The summed E-state index contributed by atoms with van der Waals surface area (Å²) in [6.07, 6.45) is 1.32. The van der Waals surface area contributed by atoms with Gasteiger partial charge in [0.15, 0.2) is 0 Å². The topological polar surface area (TPSA) is 95.9 Å². The van der Waals surface area contributed by atoms with Gasteiger partial charge in [-0.05, 0) is 48.4 Å². The van der Waals surface area contributed by atoms with Crippen LogP contribution in [-0.2, 0) is 16.1 Å². The molecule has 1 fully saturated rings. The van der Waals surface area contributed by atoms with E-state index in [1.807, 2.05) is 0 Å². The fraction of sp³-hybridized carbons (Fsp3) is 0.250. The molecule has 27 heavy (non-hydrogen) atoms. The Morgan fingerprint density at radius 1 is 1.19 bits per heavy atom. The highest BCUT2D eigenvalue weighted by Gasteiger charge is 2.22. The molecule has 7 nitrogen and oxygen atoms in total. The van der Waals surface area contributed by atoms with Crippen molar-refractivity contribution >= 4 is 29.2 Å². The first kappa shape index (κ1) is 18.6. The second-order valence-electron chi connectivity index (χ2n) is 6.31. The third-order valence-electron chi connectivity index (χ3n) is 4.30. The van der Waals surface area contributed by atoms with Gasteiger partial charge in [-0.2, -0.15) is 0 Å². The van der Waals surface area contributed by atoms with Crippen molar-refractivity contribution in [2.75, 3.05) is 23.9 Å². The molecule has 2 aromatic rings. The van der Waals surface area contributed by atoms with Gasteiger partial charge < -0.3 is 20.1 Å². The monoisotopic (exact) mass is 368 g/mol. The highest BCUT2D eigenvalue weighted by Crippen LogP contribution is 2.23. The minimum absolute atomic E-state index is 0.0472. The summed E-state index contributed by atoms with van der Waals surface area (Å²) in [6.45, 7) is 0.876. The predicted octanol–water partition coefficient (Wildman–Crippen LogP) is 2.91. The number of amides is 2. The number of carboxylic acid groups (broad SMARTS) is 1. The Morgan fingerprint density at radius 3 is 2.67 bits per heavy atom. The molecular weight excluding hydrogens is 348 g/mol. The first-order valence-electron chi connectivity index (χ1n) is 8.56. The highest BCUT2D eigenvalue weighted by molar-refractivity contribution is 6.06. The van der Waals surface area contributed by atoms with Crippen LogP contribution in [0.4, 0.5) is 11.4 Å². The van der Waals surface area contributed by atoms with Crippen LogP contribution < -0.4 is 10.2 Å². The molecule has 0 unspecified atom stereocenters. The molecule has 3 rings (SSSR count). The zero-order valence-electron chi connectivity index (χ0n) is 14.9. The van der Waals surface area contributed by atoms with E-state index in [1.54, 1.807) is 35.2 Å². The maximum absolute atomic E-state index is 12.6. The molecule has 0 aromatic heterocycles. The van der Waals surface area contributed by atoms with Crippen molar-refractivity contribution in [3.63, 3.8) is 0 Å². The second-order valence-corrected chi connectivity index (χ2v) is 6.31. The molecule has 0 radical (unpaired) electrons. The van der Waals surface area contributed by atoms with Crippen molar-refractivity contribution in [1.29, 1.82) is 0 Å². The lowest BCUT2D eigenvalue weighted by Gasteiger charge is -2.16. The molecule has 1 heterocycles. The van der Waals surface area contributed by atoms with Gasteiger partial charge >= 0.3 is 5.97 Å². The Bertz CT molecular complexity index is 894. The van der Waals surface area contributed by atoms with E-state index >= 15 is 0 Å². The van der Waals surface area contributed by atoms with E-state index in [0.29, 0.717) is 35.5 Å². The lowest BCUT2D eigenvalue weighted by atomic mass is 10.1. The van der Waals surface area contributed by atoms with Crippen LogP contribution >= 0.6 is 0 Å². The minimum atomic E-state index is -1.09. The van der Waals surface area contributed by atoms with E-state index in [4.69, 9.17) is 4.74 Å². The van der Waals surface area contributed by atoms with Crippen molar-refractivity contribution in [1.82, 2.24) is 0 Å². The summed E-state index contributed by atoms with van der Waals surface area (Å²) in [6, 6.07) is 11.4. The molecule has 0 bridgehead atoms. The SMILES string of the molecule is COCc1cc(NC(=O)c2cccc(N3CCCC3=O)c2)cc(C(=O)O)c1. The van der Waals surface area contributed by atoms with Gasteiger partial charge in [0, 0.05) is 37.0 Å². The maximum atomic E-state index is 12.6. The normalized spacial score (nSPS) is 13.7. The van der Waals surface area contributed by atoms with Crippen LogP contribution in [0, 0.1) is 0 Å². The molecule has 0 aliphatic carbocycles. The van der Waals surface area contributed by atoms with Gasteiger partial charge in [-0.3, -0.25) is 9.59 Å². The van der Waals surface area contributed by atoms with E-state index in [0.717, 1.165) is 6.42 Å². The molecule has 140 valence electrons. The number of carbonyl (C=O) groups is 3. The predicted molar refractivity (Wildman–Crippen MR) is 100 cm³/mol. The number of hydrogen-bond acceptors (Lipinski definition) is 4. The van der Waals surface area contributed by atoms with Crippen molar-refractivity contribution in [3.05, 3.63) is 59.2 Å². The van der Waals surface area contributed by atoms with Crippen LogP contribution in [0.15, 0.2) is 42.5 Å². The summed E-state index contributed by atoms with van der Waals surface area (Å²) < 4.78 is 5.05. The van der Waals surface area contributed by atoms with Crippen LogP contribution in [-0.4, -0.2) is 36.5 Å². The van der Waals surface area contributed by atoms with Gasteiger partial charge in [0.25, 0.3) is 5.91 Å².